The molecule has 0 aliphatic heterocycles. The quantitative estimate of drug-likeness (QED) is 0.471. The van der Waals surface area contributed by atoms with Gasteiger partial charge < -0.3 is 9.47 Å². The number of ether oxygens (including phenoxy) is 2. The van der Waals surface area contributed by atoms with E-state index in [4.69, 9.17) is 14.5 Å². The Morgan fingerprint density at radius 1 is 1.00 bits per heavy atom. The number of methoxy groups -OCH3 is 2. The average molecular weight is 405 g/mol. The first-order chi connectivity index (χ1) is 14.2. The van der Waals surface area contributed by atoms with Crippen molar-refractivity contribution in [2.75, 3.05) is 19.1 Å². The minimum absolute atomic E-state index is 0.166. The summed E-state index contributed by atoms with van der Waals surface area (Å²) in [7, 11) is 3.20. The summed E-state index contributed by atoms with van der Waals surface area (Å²) >= 11 is 1.46. The van der Waals surface area contributed by atoms with Crippen LogP contribution in [0.2, 0.25) is 0 Å². The molecule has 0 aliphatic rings. The summed E-state index contributed by atoms with van der Waals surface area (Å²) in [6.45, 7) is 0.313. The number of aromatic nitrogens is 2. The van der Waals surface area contributed by atoms with E-state index in [1.807, 2.05) is 42.5 Å². The van der Waals surface area contributed by atoms with Crippen molar-refractivity contribution in [1.29, 1.82) is 0 Å². The third-order valence-corrected chi connectivity index (χ3v) is 5.48. The molecule has 0 spiro atoms. The number of rotatable bonds is 6. The van der Waals surface area contributed by atoms with E-state index in [-0.39, 0.29) is 5.91 Å². The number of hydrogen-bond acceptors (Lipinski definition) is 6. The van der Waals surface area contributed by atoms with Gasteiger partial charge in [0.25, 0.3) is 5.91 Å². The Labute approximate surface area is 172 Å². The largest absolute Gasteiger partial charge is 0.497 e. The van der Waals surface area contributed by atoms with Crippen LogP contribution in [0.25, 0.3) is 10.2 Å². The van der Waals surface area contributed by atoms with Crippen molar-refractivity contribution in [3.63, 3.8) is 0 Å². The maximum absolute atomic E-state index is 13.4. The third-order valence-electron chi connectivity index (χ3n) is 4.42. The van der Waals surface area contributed by atoms with Crippen molar-refractivity contribution < 1.29 is 14.3 Å². The number of benzene rings is 2. The van der Waals surface area contributed by atoms with Crippen LogP contribution in [-0.2, 0) is 6.54 Å². The molecule has 1 amide bonds. The lowest BCUT2D eigenvalue weighted by atomic mass is 10.2. The summed E-state index contributed by atoms with van der Waals surface area (Å²) in [5, 5.41) is 0.603. The Kier molecular flexibility index (Phi) is 5.39. The Balaban J connectivity index is 1.76. The van der Waals surface area contributed by atoms with Crippen molar-refractivity contribution in [3.05, 3.63) is 78.1 Å². The van der Waals surface area contributed by atoms with E-state index in [0.717, 1.165) is 21.7 Å². The van der Waals surface area contributed by atoms with E-state index < -0.39 is 0 Å². The molecule has 4 aromatic rings. The first kappa shape index (κ1) is 18.9. The van der Waals surface area contributed by atoms with E-state index in [9.17, 15) is 4.79 Å². The van der Waals surface area contributed by atoms with Gasteiger partial charge >= 0.3 is 0 Å². The Morgan fingerprint density at radius 3 is 2.59 bits per heavy atom. The van der Waals surface area contributed by atoms with Crippen LogP contribution in [0.5, 0.6) is 11.5 Å². The number of fused-ring (bicyclic) bond motifs is 1. The lowest BCUT2D eigenvalue weighted by Crippen LogP contribution is -2.30. The molecule has 0 saturated carbocycles. The summed E-state index contributed by atoms with van der Waals surface area (Å²) in [6.07, 6.45) is 1.72. The summed E-state index contributed by atoms with van der Waals surface area (Å²) in [4.78, 5) is 24.1. The maximum Gasteiger partial charge on any atom is 0.260 e. The van der Waals surface area contributed by atoms with Crippen LogP contribution in [-0.4, -0.2) is 30.1 Å². The maximum atomic E-state index is 13.4. The number of amides is 1. The highest BCUT2D eigenvalue weighted by Gasteiger charge is 2.22. The summed E-state index contributed by atoms with van der Waals surface area (Å²) < 4.78 is 11.5. The van der Waals surface area contributed by atoms with Gasteiger partial charge in [0.05, 0.1) is 36.7 Å². The summed E-state index contributed by atoms with van der Waals surface area (Å²) in [6, 6.07) is 18.4. The van der Waals surface area contributed by atoms with Crippen LogP contribution in [0.1, 0.15) is 16.1 Å². The molecule has 0 radical (unpaired) electrons. The SMILES string of the molecule is COc1cccc(C(=O)N(Cc2ccccn2)c2nc3cc(OC)ccc3s2)c1. The molecule has 4 rings (SSSR count). The molecule has 2 aromatic carbocycles. The minimum atomic E-state index is -0.166. The molecule has 0 N–H and O–H groups in total. The topological polar surface area (TPSA) is 64.5 Å². The number of nitrogens with zero attached hydrogens (tertiary/aromatic N) is 3. The van der Waals surface area contributed by atoms with Gasteiger partial charge in [-0.3, -0.25) is 14.7 Å². The van der Waals surface area contributed by atoms with Crippen LogP contribution in [0.15, 0.2) is 66.9 Å². The molecule has 0 bridgehead atoms. The minimum Gasteiger partial charge on any atom is -0.497 e. The van der Waals surface area contributed by atoms with Gasteiger partial charge in [0, 0.05) is 17.8 Å². The number of carbonyl (C=O) groups is 1. The lowest BCUT2D eigenvalue weighted by molar-refractivity contribution is 0.0984. The predicted molar refractivity (Wildman–Crippen MR) is 114 cm³/mol. The zero-order valence-corrected chi connectivity index (χ0v) is 16.8. The van der Waals surface area contributed by atoms with Gasteiger partial charge in [0.2, 0.25) is 0 Å². The second-order valence-corrected chi connectivity index (χ2v) is 7.28. The molecule has 0 fully saturated rings. The number of pyridine rings is 1. The molecule has 0 atom stereocenters. The number of hydrogen-bond donors (Lipinski definition) is 0. The molecule has 0 saturated heterocycles. The number of anilines is 1. The molecule has 2 heterocycles. The van der Waals surface area contributed by atoms with Crippen LogP contribution in [0, 0.1) is 0 Å². The van der Waals surface area contributed by atoms with Crippen molar-refractivity contribution in [1.82, 2.24) is 9.97 Å². The fourth-order valence-electron chi connectivity index (χ4n) is 2.93. The van der Waals surface area contributed by atoms with Crippen molar-refractivity contribution >= 4 is 32.6 Å². The van der Waals surface area contributed by atoms with E-state index in [1.165, 1.54) is 11.3 Å². The molecule has 29 heavy (non-hydrogen) atoms. The van der Waals surface area contributed by atoms with Crippen LogP contribution in [0.4, 0.5) is 5.13 Å². The standard InChI is InChI=1S/C22H19N3O3S/c1-27-17-8-5-6-15(12-17)21(26)25(14-16-7-3-4-11-23-16)22-24-19-13-18(28-2)9-10-20(19)29-22/h3-13H,14H2,1-2H3. The van der Waals surface area contributed by atoms with Crippen LogP contribution < -0.4 is 14.4 Å². The zero-order chi connectivity index (χ0) is 20.2. The van der Waals surface area contributed by atoms with Gasteiger partial charge in [-0.2, -0.15) is 0 Å². The van der Waals surface area contributed by atoms with E-state index in [1.54, 1.807) is 43.5 Å². The number of carbonyl (C=O) groups excluding carboxylic acids is 1. The van der Waals surface area contributed by atoms with Gasteiger partial charge in [-0.25, -0.2) is 4.98 Å². The first-order valence-electron chi connectivity index (χ1n) is 8.98. The molecule has 6 nitrogen and oxygen atoms in total. The lowest BCUT2D eigenvalue weighted by Gasteiger charge is -2.20. The van der Waals surface area contributed by atoms with Crippen molar-refractivity contribution in [2.45, 2.75) is 6.54 Å². The predicted octanol–water partition coefficient (Wildman–Crippen LogP) is 4.56. The molecule has 0 unspecified atom stereocenters. The first-order valence-corrected chi connectivity index (χ1v) is 9.80. The molecule has 146 valence electrons. The smallest absolute Gasteiger partial charge is 0.260 e. The van der Waals surface area contributed by atoms with E-state index >= 15 is 0 Å². The third kappa shape index (κ3) is 4.05. The van der Waals surface area contributed by atoms with Crippen LogP contribution >= 0.6 is 11.3 Å². The van der Waals surface area contributed by atoms with Crippen molar-refractivity contribution in [2.24, 2.45) is 0 Å². The Morgan fingerprint density at radius 2 is 1.83 bits per heavy atom. The fourth-order valence-corrected chi connectivity index (χ4v) is 3.87. The average Bonchev–Trinajstić information content (AvgIpc) is 3.20. The van der Waals surface area contributed by atoms with Gasteiger partial charge in [-0.1, -0.05) is 23.5 Å². The Bertz CT molecular complexity index is 1140. The van der Waals surface area contributed by atoms with E-state index in [0.29, 0.717) is 23.0 Å². The highest BCUT2D eigenvalue weighted by atomic mass is 32.1. The van der Waals surface area contributed by atoms with Crippen molar-refractivity contribution in [3.8, 4) is 11.5 Å². The van der Waals surface area contributed by atoms with Gasteiger partial charge in [-0.15, -0.1) is 0 Å². The monoisotopic (exact) mass is 405 g/mol. The second kappa shape index (κ2) is 8.28. The van der Waals surface area contributed by atoms with Gasteiger partial charge in [-0.05, 0) is 42.5 Å². The van der Waals surface area contributed by atoms with Gasteiger partial charge in [0.15, 0.2) is 5.13 Å². The zero-order valence-electron chi connectivity index (χ0n) is 16.0. The Hall–Kier alpha value is -3.45. The van der Waals surface area contributed by atoms with Crippen LogP contribution in [0.3, 0.4) is 0 Å². The van der Waals surface area contributed by atoms with Gasteiger partial charge in [0.1, 0.15) is 11.5 Å². The summed E-state index contributed by atoms with van der Waals surface area (Å²) in [5.74, 6) is 1.19. The summed E-state index contributed by atoms with van der Waals surface area (Å²) in [5.41, 5.74) is 2.09. The molecule has 7 heteroatoms. The second-order valence-electron chi connectivity index (χ2n) is 6.27. The molecule has 2 aromatic heterocycles. The number of thiazole rings is 1. The fraction of sp³-hybridized carbons (Fsp3) is 0.136. The highest BCUT2D eigenvalue weighted by Crippen LogP contribution is 2.33. The van der Waals surface area contributed by atoms with E-state index in [2.05, 4.69) is 4.98 Å². The molecular weight excluding hydrogens is 386 g/mol. The molecular formula is C22H19N3O3S. The highest BCUT2D eigenvalue weighted by molar-refractivity contribution is 7.22. The molecule has 0 aliphatic carbocycles. The normalized spacial score (nSPS) is 10.7.